The van der Waals surface area contributed by atoms with Crippen molar-refractivity contribution in [1.82, 2.24) is 0 Å². The molecule has 2 atom stereocenters. The van der Waals surface area contributed by atoms with Crippen molar-refractivity contribution in [1.29, 1.82) is 0 Å². The van der Waals surface area contributed by atoms with Gasteiger partial charge in [-0.2, -0.15) is 0 Å². The molecule has 0 aromatic rings. The topological polar surface area (TPSA) is 37.3 Å². The fourth-order valence-electron chi connectivity index (χ4n) is 2.24. The van der Waals surface area contributed by atoms with Crippen LogP contribution in [0.5, 0.6) is 0 Å². The molecule has 0 radical (unpaired) electrons. The molecule has 0 aliphatic heterocycles. The zero-order valence-electron chi connectivity index (χ0n) is 6.22. The first-order valence-electron chi connectivity index (χ1n) is 4.03. The van der Waals surface area contributed by atoms with Gasteiger partial charge in [0, 0.05) is 0 Å². The van der Waals surface area contributed by atoms with Gasteiger partial charge in [-0.1, -0.05) is 6.42 Å². The molecule has 2 unspecified atom stereocenters. The summed E-state index contributed by atoms with van der Waals surface area (Å²) in [6.45, 7) is 0. The first kappa shape index (κ1) is 7.41. The van der Waals surface area contributed by atoms with E-state index in [0.29, 0.717) is 0 Å². The van der Waals surface area contributed by atoms with Crippen molar-refractivity contribution in [3.05, 3.63) is 0 Å². The van der Waals surface area contributed by atoms with Gasteiger partial charge in [-0.05, 0) is 24.7 Å². The Morgan fingerprint density at radius 2 is 2.18 bits per heavy atom. The van der Waals surface area contributed by atoms with E-state index in [2.05, 4.69) is 0 Å². The largest absolute Gasteiger partial charge is 0.481 e. The van der Waals surface area contributed by atoms with Gasteiger partial charge in [0.2, 0.25) is 0 Å². The molecule has 0 heterocycles. The minimum atomic E-state index is -0.720. The van der Waals surface area contributed by atoms with E-state index in [4.69, 9.17) is 16.7 Å². The third-order valence-electron chi connectivity index (χ3n) is 3.23. The average Bonchev–Trinajstić information content (AvgIpc) is 1.80. The van der Waals surface area contributed by atoms with Crippen LogP contribution in [0.4, 0.5) is 0 Å². The van der Waals surface area contributed by atoms with Crippen LogP contribution >= 0.6 is 11.6 Å². The second-order valence-electron chi connectivity index (χ2n) is 3.77. The summed E-state index contributed by atoms with van der Waals surface area (Å²) in [5, 5.41) is 8.58. The van der Waals surface area contributed by atoms with Gasteiger partial charge in [0.05, 0.1) is 11.3 Å². The van der Waals surface area contributed by atoms with Crippen molar-refractivity contribution in [3.63, 3.8) is 0 Å². The lowest BCUT2D eigenvalue weighted by atomic mass is 9.51. The van der Waals surface area contributed by atoms with Crippen LogP contribution in [0.15, 0.2) is 0 Å². The number of carboxylic acid groups (broad SMARTS) is 1. The van der Waals surface area contributed by atoms with Crippen molar-refractivity contribution < 1.29 is 9.90 Å². The van der Waals surface area contributed by atoms with Crippen LogP contribution in [0.2, 0.25) is 0 Å². The maximum Gasteiger partial charge on any atom is 0.308 e. The minimum Gasteiger partial charge on any atom is -0.481 e. The molecule has 0 aromatic carbocycles. The fourth-order valence-corrected chi connectivity index (χ4v) is 2.75. The van der Waals surface area contributed by atoms with E-state index >= 15 is 0 Å². The van der Waals surface area contributed by atoms with E-state index in [-0.39, 0.29) is 16.7 Å². The van der Waals surface area contributed by atoms with Crippen molar-refractivity contribution in [2.75, 3.05) is 0 Å². The Morgan fingerprint density at radius 1 is 1.55 bits per heavy atom. The fraction of sp³-hybridized carbons (Fsp3) is 0.875. The Morgan fingerprint density at radius 3 is 2.45 bits per heavy atom. The number of halogens is 1. The van der Waals surface area contributed by atoms with Gasteiger partial charge in [-0.15, -0.1) is 11.6 Å². The van der Waals surface area contributed by atoms with Gasteiger partial charge < -0.3 is 5.11 Å². The third kappa shape index (κ3) is 0.821. The summed E-state index contributed by atoms with van der Waals surface area (Å²) in [5.41, 5.74) is 0.241. The van der Waals surface area contributed by atoms with Crippen LogP contribution in [0.25, 0.3) is 0 Å². The standard InChI is InChI=1S/C8H11ClO2/c9-6-5(7(10)11)4-8(6)2-1-3-8/h5-6H,1-4H2,(H,10,11). The van der Waals surface area contributed by atoms with Crippen LogP contribution in [-0.2, 0) is 4.79 Å². The summed E-state index contributed by atoms with van der Waals surface area (Å²) in [7, 11) is 0. The Labute approximate surface area is 70.5 Å². The second kappa shape index (κ2) is 2.13. The molecule has 2 aliphatic rings. The first-order chi connectivity index (χ1) is 5.16. The molecular weight excluding hydrogens is 164 g/mol. The van der Waals surface area contributed by atoms with E-state index in [1.807, 2.05) is 0 Å². The number of alkyl halides is 1. The van der Waals surface area contributed by atoms with Gasteiger partial charge in [0.15, 0.2) is 0 Å². The molecule has 11 heavy (non-hydrogen) atoms. The molecule has 2 aliphatic carbocycles. The first-order valence-corrected chi connectivity index (χ1v) is 4.46. The normalized spacial score (nSPS) is 39.4. The molecular formula is C8H11ClO2. The van der Waals surface area contributed by atoms with Crippen molar-refractivity contribution >= 4 is 17.6 Å². The summed E-state index contributed by atoms with van der Waals surface area (Å²) in [6.07, 6.45) is 4.34. The maximum absolute atomic E-state index is 10.5. The van der Waals surface area contributed by atoms with E-state index in [1.165, 1.54) is 6.42 Å². The summed E-state index contributed by atoms with van der Waals surface area (Å²) in [6, 6.07) is 0. The molecule has 2 rings (SSSR count). The quantitative estimate of drug-likeness (QED) is 0.617. The minimum absolute atomic E-state index is 0.0891. The van der Waals surface area contributed by atoms with E-state index in [9.17, 15) is 4.79 Å². The predicted octanol–water partition coefficient (Wildman–Crippen LogP) is 1.87. The molecule has 0 aromatic heterocycles. The molecule has 2 fully saturated rings. The van der Waals surface area contributed by atoms with Gasteiger partial charge in [0.1, 0.15) is 0 Å². The zero-order valence-corrected chi connectivity index (χ0v) is 6.97. The predicted molar refractivity (Wildman–Crippen MR) is 41.7 cm³/mol. The number of hydrogen-bond donors (Lipinski definition) is 1. The van der Waals surface area contributed by atoms with Gasteiger partial charge in [0.25, 0.3) is 0 Å². The van der Waals surface area contributed by atoms with Crippen LogP contribution in [0.1, 0.15) is 25.7 Å². The molecule has 62 valence electrons. The molecule has 3 heteroatoms. The molecule has 1 N–H and O–H groups in total. The Balaban J connectivity index is 2.00. The highest BCUT2D eigenvalue weighted by Crippen LogP contribution is 2.61. The molecule has 0 saturated heterocycles. The van der Waals surface area contributed by atoms with Gasteiger partial charge in [-0.3, -0.25) is 4.79 Å². The monoisotopic (exact) mass is 174 g/mol. The third-order valence-corrected chi connectivity index (χ3v) is 4.00. The Bertz CT molecular complexity index is 198. The lowest BCUT2D eigenvalue weighted by molar-refractivity contribution is -0.153. The number of rotatable bonds is 1. The molecule has 0 bridgehead atoms. The van der Waals surface area contributed by atoms with Crippen molar-refractivity contribution in [2.24, 2.45) is 11.3 Å². The van der Waals surface area contributed by atoms with Crippen LogP contribution in [-0.4, -0.2) is 16.5 Å². The average molecular weight is 175 g/mol. The van der Waals surface area contributed by atoms with Crippen molar-refractivity contribution in [3.8, 4) is 0 Å². The van der Waals surface area contributed by atoms with Crippen LogP contribution in [0, 0.1) is 11.3 Å². The van der Waals surface area contributed by atoms with Crippen molar-refractivity contribution in [2.45, 2.75) is 31.1 Å². The zero-order chi connectivity index (χ0) is 8.06. The van der Waals surface area contributed by atoms with E-state index in [1.54, 1.807) is 0 Å². The maximum atomic E-state index is 10.5. The van der Waals surface area contributed by atoms with Crippen LogP contribution < -0.4 is 0 Å². The second-order valence-corrected chi connectivity index (χ2v) is 4.24. The highest BCUT2D eigenvalue weighted by molar-refractivity contribution is 6.23. The van der Waals surface area contributed by atoms with Gasteiger partial charge in [-0.25, -0.2) is 0 Å². The highest BCUT2D eigenvalue weighted by atomic mass is 35.5. The lowest BCUT2D eigenvalue weighted by Gasteiger charge is -2.56. The molecule has 0 amide bonds. The molecule has 2 saturated carbocycles. The summed E-state index contributed by atoms with van der Waals surface area (Å²) < 4.78 is 0. The van der Waals surface area contributed by atoms with E-state index < -0.39 is 5.97 Å². The molecule has 1 spiro atoms. The Kier molecular flexibility index (Phi) is 1.43. The van der Waals surface area contributed by atoms with Gasteiger partial charge >= 0.3 is 5.97 Å². The number of carbonyl (C=O) groups is 1. The smallest absolute Gasteiger partial charge is 0.308 e. The Hall–Kier alpha value is -0.240. The SMILES string of the molecule is O=C(O)C1CC2(CCC2)C1Cl. The lowest BCUT2D eigenvalue weighted by Crippen LogP contribution is -2.56. The summed E-state index contributed by atoms with van der Waals surface area (Å²) in [5.74, 6) is -0.987. The number of aliphatic carboxylic acids is 1. The summed E-state index contributed by atoms with van der Waals surface area (Å²) in [4.78, 5) is 10.5. The van der Waals surface area contributed by atoms with E-state index in [0.717, 1.165) is 19.3 Å². The number of carboxylic acids is 1. The highest BCUT2D eigenvalue weighted by Gasteiger charge is 2.58. The molecule has 2 nitrogen and oxygen atoms in total. The van der Waals surface area contributed by atoms with Crippen LogP contribution in [0.3, 0.4) is 0 Å². The summed E-state index contributed by atoms with van der Waals surface area (Å²) >= 11 is 5.99. The number of hydrogen-bond acceptors (Lipinski definition) is 1.